The van der Waals surface area contributed by atoms with Gasteiger partial charge in [-0.25, -0.2) is 4.98 Å². The van der Waals surface area contributed by atoms with E-state index in [1.165, 1.54) is 11.3 Å². The van der Waals surface area contributed by atoms with Gasteiger partial charge in [0.2, 0.25) is 11.6 Å². The topological polar surface area (TPSA) is 68.9 Å². The molecule has 0 unspecified atom stereocenters. The molecule has 2 aromatic heterocycles. The predicted molar refractivity (Wildman–Crippen MR) is 74.8 cm³/mol. The second-order valence-corrected chi connectivity index (χ2v) is 5.31. The van der Waals surface area contributed by atoms with E-state index in [9.17, 15) is 13.6 Å². The lowest BCUT2D eigenvalue weighted by Gasteiger charge is -2.01. The summed E-state index contributed by atoms with van der Waals surface area (Å²) >= 11 is 1.33. The van der Waals surface area contributed by atoms with Gasteiger partial charge in [-0.3, -0.25) is 4.79 Å². The normalized spacial score (nSPS) is 11.6. The van der Waals surface area contributed by atoms with Gasteiger partial charge in [-0.2, -0.15) is 13.8 Å². The van der Waals surface area contributed by atoms with Crippen LogP contribution in [0, 0.1) is 0 Å². The Bertz CT molecular complexity index is 792. The van der Waals surface area contributed by atoms with Crippen molar-refractivity contribution in [1.29, 1.82) is 0 Å². The molecule has 3 rings (SSSR count). The van der Waals surface area contributed by atoms with Crippen LogP contribution in [0.4, 0.5) is 8.78 Å². The molecule has 2 heterocycles. The number of halogens is 2. The van der Waals surface area contributed by atoms with Crippen LogP contribution in [0.2, 0.25) is 0 Å². The van der Waals surface area contributed by atoms with Gasteiger partial charge in [0.15, 0.2) is 0 Å². The number of carbonyl (C=O) groups is 1. The molecule has 0 fully saturated rings. The summed E-state index contributed by atoms with van der Waals surface area (Å²) in [7, 11) is 0. The third kappa shape index (κ3) is 2.77. The number of alkyl halides is 2. The summed E-state index contributed by atoms with van der Waals surface area (Å²) in [6, 6.07) is 6.28. The lowest BCUT2D eigenvalue weighted by atomic mass is 10.1. The Morgan fingerprint density at radius 2 is 2.00 bits per heavy atom. The standard InChI is InChI=1S/C14H9F2N3O2S/c1-14(15,16)13-18-12(19-21-13)9-4-2-8(3-5-9)11(20)10-6-22-7-17-10/h2-7H,1H3. The van der Waals surface area contributed by atoms with Crippen molar-refractivity contribution in [2.75, 3.05) is 0 Å². The molecule has 0 saturated carbocycles. The SMILES string of the molecule is CC(F)(F)c1nc(-c2ccc(C(=O)c3cscn3)cc2)no1. The number of benzene rings is 1. The van der Waals surface area contributed by atoms with Crippen molar-refractivity contribution < 1.29 is 18.1 Å². The lowest BCUT2D eigenvalue weighted by molar-refractivity contribution is -0.0158. The number of aromatic nitrogens is 3. The van der Waals surface area contributed by atoms with Crippen LogP contribution in [-0.4, -0.2) is 20.9 Å². The summed E-state index contributed by atoms with van der Waals surface area (Å²) in [6.45, 7) is 0.680. The summed E-state index contributed by atoms with van der Waals surface area (Å²) in [6.07, 6.45) is 0. The predicted octanol–water partition coefficient (Wildman–Crippen LogP) is 3.54. The van der Waals surface area contributed by atoms with Crippen molar-refractivity contribution in [2.24, 2.45) is 0 Å². The van der Waals surface area contributed by atoms with E-state index >= 15 is 0 Å². The van der Waals surface area contributed by atoms with E-state index in [0.717, 1.165) is 0 Å². The zero-order chi connectivity index (χ0) is 15.7. The van der Waals surface area contributed by atoms with Gasteiger partial charge in [-0.1, -0.05) is 29.4 Å². The maximum absolute atomic E-state index is 13.1. The van der Waals surface area contributed by atoms with E-state index in [1.54, 1.807) is 35.2 Å². The van der Waals surface area contributed by atoms with Gasteiger partial charge in [0.25, 0.3) is 5.89 Å². The highest BCUT2D eigenvalue weighted by molar-refractivity contribution is 7.07. The Morgan fingerprint density at radius 3 is 2.55 bits per heavy atom. The Balaban J connectivity index is 1.85. The minimum absolute atomic E-state index is 0.0455. The number of nitrogens with zero attached hydrogens (tertiary/aromatic N) is 3. The Kier molecular flexibility index (Phi) is 3.53. The van der Waals surface area contributed by atoms with Crippen LogP contribution in [-0.2, 0) is 5.92 Å². The zero-order valence-corrected chi connectivity index (χ0v) is 12.1. The van der Waals surface area contributed by atoms with Gasteiger partial charge in [-0.05, 0) is 0 Å². The molecule has 0 bridgehead atoms. The van der Waals surface area contributed by atoms with Crippen molar-refractivity contribution in [3.8, 4) is 11.4 Å². The first-order valence-electron chi connectivity index (χ1n) is 6.20. The fraction of sp³-hybridized carbons (Fsp3) is 0.143. The summed E-state index contributed by atoms with van der Waals surface area (Å²) < 4.78 is 30.7. The summed E-state index contributed by atoms with van der Waals surface area (Å²) in [5, 5.41) is 5.17. The largest absolute Gasteiger partial charge is 0.332 e. The average molecular weight is 321 g/mol. The molecule has 22 heavy (non-hydrogen) atoms. The number of hydrogen-bond donors (Lipinski definition) is 0. The molecule has 0 N–H and O–H groups in total. The molecule has 1 aromatic carbocycles. The van der Waals surface area contributed by atoms with E-state index < -0.39 is 11.8 Å². The highest BCUT2D eigenvalue weighted by Crippen LogP contribution is 2.27. The molecule has 0 spiro atoms. The number of hydrogen-bond acceptors (Lipinski definition) is 6. The van der Waals surface area contributed by atoms with Gasteiger partial charge in [-0.15, -0.1) is 11.3 Å². The molecular weight excluding hydrogens is 312 g/mol. The molecule has 0 aliphatic rings. The number of thiazole rings is 1. The number of carbonyl (C=O) groups excluding carboxylic acids is 1. The fourth-order valence-corrected chi connectivity index (χ4v) is 2.29. The van der Waals surface area contributed by atoms with Crippen LogP contribution >= 0.6 is 11.3 Å². The summed E-state index contributed by atoms with van der Waals surface area (Å²) in [4.78, 5) is 19.7. The van der Waals surface area contributed by atoms with Crippen molar-refractivity contribution in [3.05, 3.63) is 52.3 Å². The van der Waals surface area contributed by atoms with Gasteiger partial charge in [0, 0.05) is 23.4 Å². The molecular formula is C14H9F2N3O2S. The fourth-order valence-electron chi connectivity index (χ4n) is 1.76. The second kappa shape index (κ2) is 5.38. The molecule has 0 radical (unpaired) electrons. The van der Waals surface area contributed by atoms with Crippen molar-refractivity contribution in [2.45, 2.75) is 12.8 Å². The van der Waals surface area contributed by atoms with E-state index in [4.69, 9.17) is 0 Å². The van der Waals surface area contributed by atoms with Crippen LogP contribution in [0.15, 0.2) is 39.7 Å². The average Bonchev–Trinajstić information content (AvgIpc) is 3.17. The highest BCUT2D eigenvalue weighted by atomic mass is 32.1. The molecule has 8 heteroatoms. The van der Waals surface area contributed by atoms with Crippen LogP contribution in [0.5, 0.6) is 0 Å². The maximum atomic E-state index is 13.1. The minimum Gasteiger partial charge on any atom is -0.332 e. The molecule has 0 aliphatic carbocycles. The molecule has 3 aromatic rings. The summed E-state index contributed by atoms with van der Waals surface area (Å²) in [5.41, 5.74) is 2.87. The Morgan fingerprint density at radius 1 is 1.27 bits per heavy atom. The van der Waals surface area contributed by atoms with Gasteiger partial charge >= 0.3 is 5.92 Å². The molecule has 5 nitrogen and oxygen atoms in total. The highest BCUT2D eigenvalue weighted by Gasteiger charge is 2.32. The van der Waals surface area contributed by atoms with E-state index in [2.05, 4.69) is 19.6 Å². The van der Waals surface area contributed by atoms with Crippen molar-refractivity contribution in [3.63, 3.8) is 0 Å². The van der Waals surface area contributed by atoms with E-state index in [1.807, 2.05) is 0 Å². The quantitative estimate of drug-likeness (QED) is 0.688. The zero-order valence-electron chi connectivity index (χ0n) is 11.3. The van der Waals surface area contributed by atoms with Gasteiger partial charge in [0.05, 0.1) is 5.51 Å². The Hall–Kier alpha value is -2.48. The van der Waals surface area contributed by atoms with Crippen LogP contribution in [0.25, 0.3) is 11.4 Å². The van der Waals surface area contributed by atoms with Crippen molar-refractivity contribution in [1.82, 2.24) is 15.1 Å². The number of ketones is 1. The first kappa shape index (κ1) is 14.5. The van der Waals surface area contributed by atoms with Gasteiger partial charge in [0.1, 0.15) is 5.69 Å². The van der Waals surface area contributed by atoms with Crippen LogP contribution < -0.4 is 0 Å². The van der Waals surface area contributed by atoms with Gasteiger partial charge < -0.3 is 4.52 Å². The molecule has 112 valence electrons. The third-order valence-electron chi connectivity index (χ3n) is 2.87. The van der Waals surface area contributed by atoms with E-state index in [-0.39, 0.29) is 11.6 Å². The molecule has 0 saturated heterocycles. The summed E-state index contributed by atoms with van der Waals surface area (Å²) in [5.74, 6) is -4.10. The molecule has 0 amide bonds. The molecule has 0 atom stereocenters. The monoisotopic (exact) mass is 321 g/mol. The molecule has 0 aliphatic heterocycles. The smallest absolute Gasteiger partial charge is 0.322 e. The number of rotatable bonds is 4. The Labute approximate surface area is 127 Å². The van der Waals surface area contributed by atoms with Crippen LogP contribution in [0.3, 0.4) is 0 Å². The van der Waals surface area contributed by atoms with Crippen molar-refractivity contribution >= 4 is 17.1 Å². The first-order valence-corrected chi connectivity index (χ1v) is 7.15. The maximum Gasteiger partial charge on any atom is 0.322 e. The minimum atomic E-state index is -3.19. The first-order chi connectivity index (χ1) is 10.4. The second-order valence-electron chi connectivity index (χ2n) is 4.59. The van der Waals surface area contributed by atoms with Crippen LogP contribution in [0.1, 0.15) is 28.9 Å². The third-order valence-corrected chi connectivity index (χ3v) is 3.46. The lowest BCUT2D eigenvalue weighted by Crippen LogP contribution is -2.07. The van der Waals surface area contributed by atoms with E-state index in [0.29, 0.717) is 23.7 Å².